The van der Waals surface area contributed by atoms with Gasteiger partial charge in [-0.05, 0) is 54.9 Å². The monoisotopic (exact) mass is 410 g/mol. The molecule has 0 saturated carbocycles. The van der Waals surface area contributed by atoms with Gasteiger partial charge in [-0.2, -0.15) is 0 Å². The fourth-order valence-corrected chi connectivity index (χ4v) is 3.54. The van der Waals surface area contributed by atoms with Crippen molar-refractivity contribution >= 4 is 20.1 Å². The molecule has 0 aliphatic heterocycles. The predicted molar refractivity (Wildman–Crippen MR) is 115 cm³/mol. The van der Waals surface area contributed by atoms with Gasteiger partial charge < -0.3 is 9.63 Å². The molecule has 1 aromatic rings. The Morgan fingerprint density at radius 3 is 1.96 bits per heavy atom. The Labute approximate surface area is 170 Å². The third-order valence-corrected chi connectivity index (χ3v) is 5.30. The van der Waals surface area contributed by atoms with Crippen molar-refractivity contribution in [1.82, 2.24) is 0 Å². The average Bonchev–Trinajstić information content (AvgIpc) is 2.50. The second-order valence-corrected chi connectivity index (χ2v) is 10.4. The SMILES string of the molecule is COc1c(C=C(C)C(=O)C(C)(C)O[PH](=O)O)cc(C(C)(C)C)cc1C(C)(C)C. The number of rotatable bonds is 6. The molecule has 1 rings (SSSR count). The summed E-state index contributed by atoms with van der Waals surface area (Å²) in [5.41, 5.74) is 1.83. The van der Waals surface area contributed by atoms with E-state index in [1.54, 1.807) is 20.1 Å². The van der Waals surface area contributed by atoms with Crippen LogP contribution in [0.3, 0.4) is 0 Å². The quantitative estimate of drug-likeness (QED) is 0.499. The summed E-state index contributed by atoms with van der Waals surface area (Å²) >= 11 is 0. The maximum Gasteiger partial charge on any atom is 0.317 e. The number of methoxy groups -OCH3 is 1. The van der Waals surface area contributed by atoms with Gasteiger partial charge >= 0.3 is 8.25 Å². The summed E-state index contributed by atoms with van der Waals surface area (Å²) in [7, 11) is -1.60. The highest BCUT2D eigenvalue weighted by molar-refractivity contribution is 7.32. The molecule has 1 aromatic carbocycles. The molecule has 0 fully saturated rings. The molecule has 1 unspecified atom stereocenters. The molecule has 0 spiro atoms. The summed E-state index contributed by atoms with van der Waals surface area (Å²) in [4.78, 5) is 21.9. The van der Waals surface area contributed by atoms with Crippen LogP contribution in [0.5, 0.6) is 5.75 Å². The summed E-state index contributed by atoms with van der Waals surface area (Å²) in [5, 5.41) is 0. The molecular weight excluding hydrogens is 375 g/mol. The first-order chi connectivity index (χ1) is 12.5. The zero-order valence-corrected chi connectivity index (χ0v) is 19.8. The number of Topliss-reactive ketones (excluding diaryl/α,β-unsaturated/α-hetero) is 1. The van der Waals surface area contributed by atoms with Gasteiger partial charge in [-0.15, -0.1) is 0 Å². The second kappa shape index (κ2) is 8.52. The molecule has 0 amide bonds. The largest absolute Gasteiger partial charge is 0.496 e. The van der Waals surface area contributed by atoms with Crippen molar-refractivity contribution in [1.29, 1.82) is 0 Å². The van der Waals surface area contributed by atoms with Crippen molar-refractivity contribution in [2.45, 2.75) is 78.7 Å². The van der Waals surface area contributed by atoms with Gasteiger partial charge in [0.2, 0.25) is 0 Å². The summed E-state index contributed by atoms with van der Waals surface area (Å²) in [5.74, 6) is 0.377. The summed E-state index contributed by atoms with van der Waals surface area (Å²) < 4.78 is 21.8. The van der Waals surface area contributed by atoms with Crippen molar-refractivity contribution in [2.24, 2.45) is 0 Å². The highest BCUT2D eigenvalue weighted by Gasteiger charge is 2.32. The summed E-state index contributed by atoms with van der Waals surface area (Å²) in [6, 6.07) is 4.20. The van der Waals surface area contributed by atoms with Gasteiger partial charge in [0, 0.05) is 11.1 Å². The number of carbonyl (C=O) groups excluding carboxylic acids is 1. The summed E-state index contributed by atoms with van der Waals surface area (Å²) in [6.07, 6.45) is 1.77. The third kappa shape index (κ3) is 6.04. The average molecular weight is 410 g/mol. The normalized spacial score (nSPS) is 14.8. The van der Waals surface area contributed by atoms with Crippen LogP contribution in [0, 0.1) is 0 Å². The topological polar surface area (TPSA) is 72.8 Å². The van der Waals surface area contributed by atoms with Crippen molar-refractivity contribution in [2.75, 3.05) is 7.11 Å². The van der Waals surface area contributed by atoms with Crippen LogP contribution in [-0.4, -0.2) is 23.4 Å². The van der Waals surface area contributed by atoms with Crippen LogP contribution >= 0.6 is 8.25 Å². The van der Waals surface area contributed by atoms with E-state index in [0.29, 0.717) is 5.57 Å². The van der Waals surface area contributed by atoms with Crippen LogP contribution in [0.25, 0.3) is 6.08 Å². The first-order valence-corrected chi connectivity index (χ1v) is 10.6. The Bertz CT molecular complexity index is 792. The first-order valence-electron chi connectivity index (χ1n) is 9.38. The van der Waals surface area contributed by atoms with Crippen LogP contribution in [0.2, 0.25) is 0 Å². The lowest BCUT2D eigenvalue weighted by Gasteiger charge is -2.28. The van der Waals surface area contributed by atoms with E-state index in [-0.39, 0.29) is 16.6 Å². The van der Waals surface area contributed by atoms with Gasteiger partial charge in [0.25, 0.3) is 0 Å². The van der Waals surface area contributed by atoms with Crippen LogP contribution in [-0.2, 0) is 24.7 Å². The fourth-order valence-electron chi connectivity index (χ4n) is 3.01. The lowest BCUT2D eigenvalue weighted by molar-refractivity contribution is -0.127. The molecule has 28 heavy (non-hydrogen) atoms. The number of hydrogen-bond donors (Lipinski definition) is 1. The lowest BCUT2D eigenvalue weighted by atomic mass is 9.78. The number of benzene rings is 1. The molecule has 0 saturated heterocycles. The predicted octanol–water partition coefficient (Wildman–Crippen LogP) is 5.44. The molecule has 0 aliphatic rings. The van der Waals surface area contributed by atoms with Crippen molar-refractivity contribution in [3.05, 3.63) is 34.4 Å². The Morgan fingerprint density at radius 1 is 1.04 bits per heavy atom. The molecule has 0 heterocycles. The van der Waals surface area contributed by atoms with E-state index < -0.39 is 13.9 Å². The van der Waals surface area contributed by atoms with E-state index in [1.807, 2.05) is 6.07 Å². The van der Waals surface area contributed by atoms with Crippen molar-refractivity contribution in [3.8, 4) is 5.75 Å². The highest BCUT2D eigenvalue weighted by Crippen LogP contribution is 2.39. The number of ether oxygens (including phenoxy) is 1. The fraction of sp³-hybridized carbons (Fsp3) is 0.591. The minimum absolute atomic E-state index is 0.0774. The highest BCUT2D eigenvalue weighted by atomic mass is 31.1. The smallest absolute Gasteiger partial charge is 0.317 e. The lowest BCUT2D eigenvalue weighted by Crippen LogP contribution is -2.33. The molecule has 0 radical (unpaired) electrons. The van der Waals surface area contributed by atoms with Crippen LogP contribution in [0.15, 0.2) is 17.7 Å². The van der Waals surface area contributed by atoms with Crippen molar-refractivity contribution in [3.63, 3.8) is 0 Å². The zero-order chi connectivity index (χ0) is 22.1. The van der Waals surface area contributed by atoms with Crippen LogP contribution in [0.1, 0.15) is 79.0 Å². The van der Waals surface area contributed by atoms with Gasteiger partial charge in [0.15, 0.2) is 5.78 Å². The minimum atomic E-state index is -3.23. The van der Waals surface area contributed by atoms with Crippen LogP contribution in [0.4, 0.5) is 0 Å². The molecule has 0 aliphatic carbocycles. The summed E-state index contributed by atoms with van der Waals surface area (Å²) in [6.45, 7) is 17.5. The Hall–Kier alpha value is -1.42. The standard InChI is InChI=1S/C22H35O5P/c1-14(19(23)22(8,9)27-28(24)25)11-15-12-16(20(2,3)4)13-17(18(15)26-10)21(5,6)7/h11-13,28H,1-10H3,(H,24,25). The molecule has 0 bridgehead atoms. The van der Waals surface area contributed by atoms with Gasteiger partial charge in [-0.1, -0.05) is 47.6 Å². The molecule has 6 heteroatoms. The van der Waals surface area contributed by atoms with Gasteiger partial charge in [0.1, 0.15) is 11.4 Å². The van der Waals surface area contributed by atoms with E-state index >= 15 is 0 Å². The molecule has 5 nitrogen and oxygen atoms in total. The second-order valence-electron chi connectivity index (χ2n) is 9.68. The molecular formula is C22H35O5P. The minimum Gasteiger partial charge on any atom is -0.496 e. The van der Waals surface area contributed by atoms with Crippen molar-refractivity contribution < 1.29 is 23.5 Å². The number of hydrogen-bond acceptors (Lipinski definition) is 4. The zero-order valence-electron chi connectivity index (χ0n) is 18.8. The molecule has 1 atom stereocenters. The van der Waals surface area contributed by atoms with Gasteiger partial charge in [-0.25, -0.2) is 0 Å². The maximum absolute atomic E-state index is 12.8. The Balaban J connectivity index is 3.64. The van der Waals surface area contributed by atoms with Gasteiger partial charge in [0.05, 0.1) is 7.11 Å². The number of carbonyl (C=O) groups is 1. The van der Waals surface area contributed by atoms with E-state index in [4.69, 9.17) is 14.2 Å². The van der Waals surface area contributed by atoms with Gasteiger partial charge in [-0.3, -0.25) is 13.9 Å². The van der Waals surface area contributed by atoms with E-state index in [2.05, 4.69) is 47.6 Å². The molecule has 158 valence electrons. The molecule has 0 aromatic heterocycles. The number of ketones is 1. The van der Waals surface area contributed by atoms with Crippen LogP contribution < -0.4 is 4.74 Å². The maximum atomic E-state index is 12.8. The van der Waals surface area contributed by atoms with E-state index in [1.165, 1.54) is 13.8 Å². The Morgan fingerprint density at radius 2 is 1.57 bits per heavy atom. The van der Waals surface area contributed by atoms with E-state index in [9.17, 15) is 9.36 Å². The molecule has 1 N–H and O–H groups in total. The first kappa shape index (κ1) is 24.6. The van der Waals surface area contributed by atoms with E-state index in [0.717, 1.165) is 22.4 Å². The Kier molecular flexibility index (Phi) is 7.49. The third-order valence-electron chi connectivity index (χ3n) is 4.62.